The van der Waals surface area contributed by atoms with Crippen LogP contribution in [0.25, 0.3) is 11.1 Å². The summed E-state index contributed by atoms with van der Waals surface area (Å²) in [6, 6.07) is 9.91. The summed E-state index contributed by atoms with van der Waals surface area (Å²) in [5.41, 5.74) is 1.91. The molecule has 2 unspecified atom stereocenters. The molecule has 32 heavy (non-hydrogen) atoms. The molecule has 0 saturated carbocycles. The van der Waals surface area contributed by atoms with Crippen molar-refractivity contribution in [2.75, 3.05) is 33.0 Å². The molecule has 0 aliphatic carbocycles. The van der Waals surface area contributed by atoms with Crippen molar-refractivity contribution in [2.45, 2.75) is 29.7 Å². The number of benzene rings is 2. The van der Waals surface area contributed by atoms with Crippen LogP contribution in [-0.2, 0) is 25.1 Å². The Morgan fingerprint density at radius 2 is 2.03 bits per heavy atom. The zero-order valence-electron chi connectivity index (χ0n) is 18.0. The SMILES string of the molecule is CNC(CCC(=O)N1CC(c2ccc(-c3ccc(Cl)cc3F)c(S(C)=O)c2)C1)COC=O. The van der Waals surface area contributed by atoms with Gasteiger partial charge in [0, 0.05) is 58.8 Å². The number of nitrogens with zero attached hydrogens (tertiary/aromatic N) is 1. The average molecular weight is 481 g/mol. The smallest absolute Gasteiger partial charge is 0.293 e. The number of nitrogens with one attached hydrogen (secondary N) is 1. The maximum atomic E-state index is 14.4. The minimum Gasteiger partial charge on any atom is -0.466 e. The van der Waals surface area contributed by atoms with Crippen LogP contribution in [0.2, 0.25) is 5.02 Å². The van der Waals surface area contributed by atoms with E-state index in [0.29, 0.717) is 53.4 Å². The highest BCUT2D eigenvalue weighted by atomic mass is 35.5. The Bertz CT molecular complexity index is 1010. The predicted octanol–water partition coefficient (Wildman–Crippen LogP) is 3.35. The molecule has 1 saturated heterocycles. The lowest BCUT2D eigenvalue weighted by atomic mass is 9.89. The van der Waals surface area contributed by atoms with Crippen molar-refractivity contribution in [3.8, 4) is 11.1 Å². The third-order valence-electron chi connectivity index (χ3n) is 5.72. The number of likely N-dealkylation sites (tertiary alicyclic amines) is 1. The second-order valence-corrected chi connectivity index (χ2v) is 9.57. The van der Waals surface area contributed by atoms with Crippen LogP contribution >= 0.6 is 11.6 Å². The molecule has 3 rings (SSSR count). The zero-order chi connectivity index (χ0) is 23.3. The molecule has 1 aliphatic heterocycles. The molecule has 0 bridgehead atoms. The van der Waals surface area contributed by atoms with Crippen LogP contribution in [0.1, 0.15) is 24.3 Å². The fraction of sp³-hybridized carbons (Fsp3) is 0.391. The highest BCUT2D eigenvalue weighted by molar-refractivity contribution is 7.84. The van der Waals surface area contributed by atoms with Crippen molar-refractivity contribution < 1.29 is 22.9 Å². The van der Waals surface area contributed by atoms with Crippen LogP contribution in [0, 0.1) is 5.82 Å². The van der Waals surface area contributed by atoms with Gasteiger partial charge in [-0.1, -0.05) is 23.7 Å². The first-order valence-corrected chi connectivity index (χ1v) is 12.2. The molecule has 2 aromatic rings. The third kappa shape index (κ3) is 5.74. The van der Waals surface area contributed by atoms with E-state index in [0.717, 1.165) is 5.56 Å². The minimum atomic E-state index is -1.31. The van der Waals surface area contributed by atoms with E-state index >= 15 is 0 Å². The van der Waals surface area contributed by atoms with Crippen molar-refractivity contribution in [1.29, 1.82) is 0 Å². The third-order valence-corrected chi connectivity index (χ3v) is 6.91. The Morgan fingerprint density at radius 1 is 1.31 bits per heavy atom. The molecule has 0 radical (unpaired) electrons. The monoisotopic (exact) mass is 480 g/mol. The Balaban J connectivity index is 1.65. The van der Waals surface area contributed by atoms with Gasteiger partial charge in [0.05, 0.1) is 10.8 Å². The lowest BCUT2D eigenvalue weighted by molar-refractivity contribution is -0.135. The number of carbonyl (C=O) groups excluding carboxylic acids is 2. The molecule has 6 nitrogen and oxygen atoms in total. The first kappa shape index (κ1) is 24.4. The molecule has 1 fully saturated rings. The van der Waals surface area contributed by atoms with Crippen LogP contribution in [0.5, 0.6) is 0 Å². The van der Waals surface area contributed by atoms with Gasteiger partial charge in [-0.25, -0.2) is 4.39 Å². The van der Waals surface area contributed by atoms with Crippen molar-refractivity contribution in [2.24, 2.45) is 0 Å². The van der Waals surface area contributed by atoms with Gasteiger partial charge in [-0.3, -0.25) is 13.8 Å². The van der Waals surface area contributed by atoms with Crippen molar-refractivity contribution in [1.82, 2.24) is 10.2 Å². The summed E-state index contributed by atoms with van der Waals surface area (Å²) in [7, 11) is 0.449. The molecule has 172 valence electrons. The Morgan fingerprint density at radius 3 is 2.66 bits per heavy atom. The lowest BCUT2D eigenvalue weighted by Crippen LogP contribution is -2.48. The summed E-state index contributed by atoms with van der Waals surface area (Å²) in [6.07, 6.45) is 2.50. The summed E-state index contributed by atoms with van der Waals surface area (Å²) in [6.45, 7) is 1.79. The number of amides is 1. The van der Waals surface area contributed by atoms with Gasteiger partial charge >= 0.3 is 0 Å². The largest absolute Gasteiger partial charge is 0.466 e. The van der Waals surface area contributed by atoms with E-state index in [1.54, 1.807) is 36.4 Å². The van der Waals surface area contributed by atoms with Crippen molar-refractivity contribution >= 4 is 34.8 Å². The maximum absolute atomic E-state index is 14.4. The number of rotatable bonds is 10. The van der Waals surface area contributed by atoms with Gasteiger partial charge in [0.15, 0.2) is 0 Å². The fourth-order valence-corrected chi connectivity index (χ4v) is 4.72. The number of carbonyl (C=O) groups is 2. The summed E-state index contributed by atoms with van der Waals surface area (Å²) >= 11 is 5.85. The number of likely N-dealkylation sites (N-methyl/N-ethyl adjacent to an activating group) is 1. The normalized spacial score (nSPS) is 15.7. The summed E-state index contributed by atoms with van der Waals surface area (Å²) in [5.74, 6) is -0.272. The van der Waals surface area contributed by atoms with Gasteiger partial charge in [-0.05, 0) is 43.3 Å². The molecule has 9 heteroatoms. The minimum absolute atomic E-state index is 0.0479. The zero-order valence-corrected chi connectivity index (χ0v) is 19.5. The fourth-order valence-electron chi connectivity index (χ4n) is 3.78. The molecule has 1 N–H and O–H groups in total. The Kier molecular flexibility index (Phi) is 8.39. The summed E-state index contributed by atoms with van der Waals surface area (Å²) < 4.78 is 31.6. The van der Waals surface area contributed by atoms with Crippen LogP contribution in [0.4, 0.5) is 4.39 Å². The van der Waals surface area contributed by atoms with Crippen LogP contribution in [0.15, 0.2) is 41.3 Å². The first-order valence-electron chi connectivity index (χ1n) is 10.3. The van der Waals surface area contributed by atoms with E-state index in [1.165, 1.54) is 6.07 Å². The molecule has 1 amide bonds. The first-order chi connectivity index (χ1) is 15.3. The van der Waals surface area contributed by atoms with Gasteiger partial charge in [-0.2, -0.15) is 0 Å². The number of hydrogen-bond donors (Lipinski definition) is 1. The standard InChI is InChI=1S/C23H26ClFN2O4S/c1-26-18(13-31-14-28)5-8-23(29)27-11-16(12-27)15-3-6-20(22(9-15)32(2)30)19-7-4-17(24)10-21(19)25/h3-4,6-7,9-10,14,16,18,26H,5,8,11-13H2,1-2H3. The van der Waals surface area contributed by atoms with Gasteiger partial charge in [0.25, 0.3) is 6.47 Å². The van der Waals surface area contributed by atoms with E-state index in [2.05, 4.69) is 5.32 Å². The molecule has 2 aromatic carbocycles. The van der Waals surface area contributed by atoms with E-state index in [1.807, 2.05) is 12.1 Å². The average Bonchev–Trinajstić information content (AvgIpc) is 2.73. The van der Waals surface area contributed by atoms with Crippen molar-refractivity contribution in [3.63, 3.8) is 0 Å². The van der Waals surface area contributed by atoms with Crippen LogP contribution in [-0.4, -0.2) is 60.5 Å². The molecule has 2 atom stereocenters. The molecular weight excluding hydrogens is 455 g/mol. The summed E-state index contributed by atoms with van der Waals surface area (Å²) in [4.78, 5) is 25.1. The van der Waals surface area contributed by atoms with Crippen molar-refractivity contribution in [3.05, 3.63) is 52.8 Å². The number of halogens is 2. The van der Waals surface area contributed by atoms with Gasteiger partial charge < -0.3 is 15.0 Å². The van der Waals surface area contributed by atoms with E-state index < -0.39 is 16.6 Å². The Labute approximate surface area is 194 Å². The van der Waals surface area contributed by atoms with Gasteiger partial charge in [-0.15, -0.1) is 0 Å². The molecular formula is C23H26ClFN2O4S. The topological polar surface area (TPSA) is 75.7 Å². The molecule has 0 spiro atoms. The lowest BCUT2D eigenvalue weighted by Gasteiger charge is -2.40. The number of ether oxygens (including phenoxy) is 1. The van der Waals surface area contributed by atoms with Gasteiger partial charge in [0.1, 0.15) is 12.4 Å². The highest BCUT2D eigenvalue weighted by Crippen LogP contribution is 2.35. The quantitative estimate of drug-likeness (QED) is 0.528. The second kappa shape index (κ2) is 11.0. The number of hydrogen-bond acceptors (Lipinski definition) is 5. The highest BCUT2D eigenvalue weighted by Gasteiger charge is 2.32. The second-order valence-electron chi connectivity index (χ2n) is 7.78. The molecule has 0 aromatic heterocycles. The molecule has 1 aliphatic rings. The van der Waals surface area contributed by atoms with Gasteiger partial charge in [0.2, 0.25) is 5.91 Å². The van der Waals surface area contributed by atoms with Crippen LogP contribution in [0.3, 0.4) is 0 Å². The predicted molar refractivity (Wildman–Crippen MR) is 123 cm³/mol. The van der Waals surface area contributed by atoms with E-state index in [4.69, 9.17) is 16.3 Å². The molecule has 1 heterocycles. The maximum Gasteiger partial charge on any atom is 0.293 e. The van der Waals surface area contributed by atoms with Crippen LogP contribution < -0.4 is 5.32 Å². The Hall–Kier alpha value is -2.29. The van der Waals surface area contributed by atoms with E-state index in [-0.39, 0.29) is 24.5 Å². The van der Waals surface area contributed by atoms with E-state index in [9.17, 15) is 18.2 Å². The summed E-state index contributed by atoms with van der Waals surface area (Å²) in [5, 5.41) is 3.33.